The summed E-state index contributed by atoms with van der Waals surface area (Å²) < 4.78 is 0. The first-order valence-electron chi connectivity index (χ1n) is 7.10. The van der Waals surface area contributed by atoms with E-state index in [-0.39, 0.29) is 23.4 Å². The molecule has 2 bridgehead atoms. The summed E-state index contributed by atoms with van der Waals surface area (Å²) in [5, 5.41) is 9.22. The van der Waals surface area contributed by atoms with Gasteiger partial charge in [-0.1, -0.05) is 6.92 Å². The third-order valence-corrected chi connectivity index (χ3v) is 6.02. The van der Waals surface area contributed by atoms with Gasteiger partial charge in [0.2, 0.25) is 5.91 Å². The van der Waals surface area contributed by atoms with Gasteiger partial charge in [-0.05, 0) is 43.9 Å². The zero-order chi connectivity index (χ0) is 12.7. The molecule has 4 heteroatoms. The molecule has 18 heavy (non-hydrogen) atoms. The highest BCUT2D eigenvalue weighted by Gasteiger charge is 2.72. The van der Waals surface area contributed by atoms with Crippen LogP contribution in [0.3, 0.4) is 0 Å². The van der Waals surface area contributed by atoms with Crippen LogP contribution in [0.4, 0.5) is 0 Å². The summed E-state index contributed by atoms with van der Waals surface area (Å²) >= 11 is 0. The minimum Gasteiger partial charge on any atom is -0.481 e. The Labute approximate surface area is 106 Å². The van der Waals surface area contributed by atoms with E-state index in [1.54, 1.807) is 0 Å². The molecule has 4 fully saturated rings. The van der Waals surface area contributed by atoms with Crippen molar-refractivity contribution < 1.29 is 14.7 Å². The number of amides is 1. The second kappa shape index (κ2) is 3.09. The number of carbonyl (C=O) groups excluding carboxylic acids is 1. The normalized spacial score (nSPS) is 51.8. The van der Waals surface area contributed by atoms with Gasteiger partial charge >= 0.3 is 5.97 Å². The van der Waals surface area contributed by atoms with Crippen molar-refractivity contribution in [2.75, 3.05) is 0 Å². The van der Waals surface area contributed by atoms with Crippen molar-refractivity contribution >= 4 is 11.9 Å². The Kier molecular flexibility index (Phi) is 1.86. The fourth-order valence-electron chi connectivity index (χ4n) is 5.03. The second-order valence-electron chi connectivity index (χ2n) is 6.84. The number of hydrogen-bond donors (Lipinski definition) is 1. The molecule has 0 radical (unpaired) electrons. The van der Waals surface area contributed by atoms with Crippen molar-refractivity contribution in [2.45, 2.75) is 51.1 Å². The summed E-state index contributed by atoms with van der Waals surface area (Å²) in [5.74, 6) is 0.574. The van der Waals surface area contributed by atoms with E-state index in [0.29, 0.717) is 24.2 Å². The summed E-state index contributed by atoms with van der Waals surface area (Å²) in [6.07, 6.45) is 4.67. The van der Waals surface area contributed by atoms with Crippen molar-refractivity contribution in [3.8, 4) is 0 Å². The molecule has 4 aliphatic rings. The molecule has 0 aromatic carbocycles. The van der Waals surface area contributed by atoms with Crippen molar-refractivity contribution in [2.24, 2.45) is 23.2 Å². The molecule has 6 atom stereocenters. The average Bonchev–Trinajstić information content (AvgIpc) is 2.67. The molecular formula is C14H19NO3. The van der Waals surface area contributed by atoms with E-state index in [9.17, 15) is 14.7 Å². The van der Waals surface area contributed by atoms with Crippen molar-refractivity contribution in [3.63, 3.8) is 0 Å². The predicted molar refractivity (Wildman–Crippen MR) is 63.7 cm³/mol. The number of nitrogens with zero attached hydrogens (tertiary/aromatic N) is 1. The van der Waals surface area contributed by atoms with Crippen LogP contribution in [0, 0.1) is 23.2 Å². The van der Waals surface area contributed by atoms with Crippen LogP contribution < -0.4 is 0 Å². The van der Waals surface area contributed by atoms with Crippen LogP contribution in [0.15, 0.2) is 0 Å². The number of fused-ring (bicyclic) bond motifs is 3. The summed E-state index contributed by atoms with van der Waals surface area (Å²) in [6.45, 7) is 2.22. The molecule has 0 aromatic rings. The molecule has 98 valence electrons. The Bertz CT molecular complexity index is 448. The van der Waals surface area contributed by atoms with Gasteiger partial charge in [-0.15, -0.1) is 0 Å². The Hall–Kier alpha value is -1.06. The lowest BCUT2D eigenvalue weighted by Crippen LogP contribution is -2.46. The van der Waals surface area contributed by atoms with E-state index >= 15 is 0 Å². The van der Waals surface area contributed by atoms with Crippen LogP contribution in [0.1, 0.15) is 39.0 Å². The maximum Gasteiger partial charge on any atom is 0.308 e. The molecule has 0 aromatic heterocycles. The first-order chi connectivity index (χ1) is 8.54. The van der Waals surface area contributed by atoms with E-state index in [1.165, 1.54) is 0 Å². The first-order valence-corrected chi connectivity index (χ1v) is 7.10. The van der Waals surface area contributed by atoms with Crippen LogP contribution in [-0.4, -0.2) is 34.0 Å². The molecule has 2 saturated heterocycles. The second-order valence-corrected chi connectivity index (χ2v) is 6.84. The molecule has 2 saturated carbocycles. The maximum absolute atomic E-state index is 12.7. The number of rotatable bonds is 2. The highest BCUT2D eigenvalue weighted by Crippen LogP contribution is 2.72. The third kappa shape index (κ3) is 1.08. The molecule has 1 amide bonds. The predicted octanol–water partition coefficient (Wildman–Crippen LogP) is 1.50. The van der Waals surface area contributed by atoms with Crippen LogP contribution in [0.25, 0.3) is 0 Å². The van der Waals surface area contributed by atoms with Gasteiger partial charge in [-0.3, -0.25) is 9.59 Å². The molecule has 0 spiro atoms. The standard InChI is InChI=1S/C14H19NO3/c1-7-5-14(6-10(7)14)13(18)15-8-2-3-11(15)9(4-8)12(16)17/h7-11H,2-6H2,1H3,(H,16,17)/t7-,8-,9-,10+,11+,14-/m1/s1. The van der Waals surface area contributed by atoms with E-state index in [4.69, 9.17) is 0 Å². The first kappa shape index (κ1) is 10.8. The smallest absolute Gasteiger partial charge is 0.308 e. The molecule has 1 N–H and O–H groups in total. The number of carboxylic acids is 1. The summed E-state index contributed by atoms with van der Waals surface area (Å²) in [5.41, 5.74) is -0.0480. The van der Waals surface area contributed by atoms with Gasteiger partial charge in [-0.25, -0.2) is 0 Å². The van der Waals surface area contributed by atoms with Crippen LogP contribution >= 0.6 is 0 Å². The van der Waals surface area contributed by atoms with Gasteiger partial charge in [-0.2, -0.15) is 0 Å². The summed E-state index contributed by atoms with van der Waals surface area (Å²) in [6, 6.07) is 0.210. The number of hydrogen-bond acceptors (Lipinski definition) is 2. The fraction of sp³-hybridized carbons (Fsp3) is 0.857. The molecular weight excluding hydrogens is 230 g/mol. The Balaban J connectivity index is 1.56. The Morgan fingerprint density at radius 2 is 2.06 bits per heavy atom. The van der Waals surface area contributed by atoms with Crippen LogP contribution in [0.5, 0.6) is 0 Å². The molecule has 2 heterocycles. The highest BCUT2D eigenvalue weighted by molar-refractivity contribution is 5.89. The van der Waals surface area contributed by atoms with Crippen molar-refractivity contribution in [1.29, 1.82) is 0 Å². The third-order valence-electron chi connectivity index (χ3n) is 6.02. The lowest BCUT2D eigenvalue weighted by molar-refractivity contribution is -0.145. The number of carbonyl (C=O) groups is 2. The quantitative estimate of drug-likeness (QED) is 0.806. The largest absolute Gasteiger partial charge is 0.481 e. The van der Waals surface area contributed by atoms with E-state index in [2.05, 4.69) is 6.92 Å². The van der Waals surface area contributed by atoms with Gasteiger partial charge in [0.05, 0.1) is 11.3 Å². The number of aliphatic carboxylic acids is 1. The lowest BCUT2D eigenvalue weighted by Gasteiger charge is -2.36. The summed E-state index contributed by atoms with van der Waals surface area (Å²) in [7, 11) is 0. The SMILES string of the molecule is C[C@@H]1C[C@@]2(C(=O)N3[C@@H]4CC[C@H]3[C@H](C(=O)O)C4)C[C@@H]12. The Morgan fingerprint density at radius 1 is 1.28 bits per heavy atom. The Morgan fingerprint density at radius 3 is 2.56 bits per heavy atom. The fourth-order valence-corrected chi connectivity index (χ4v) is 5.03. The van der Waals surface area contributed by atoms with E-state index in [1.807, 2.05) is 4.90 Å². The van der Waals surface area contributed by atoms with Crippen LogP contribution in [-0.2, 0) is 9.59 Å². The maximum atomic E-state index is 12.7. The van der Waals surface area contributed by atoms with Crippen LogP contribution in [0.2, 0.25) is 0 Å². The monoisotopic (exact) mass is 249 g/mol. The number of carboxylic acid groups (broad SMARTS) is 1. The summed E-state index contributed by atoms with van der Waals surface area (Å²) in [4.78, 5) is 25.9. The molecule has 0 unspecified atom stereocenters. The van der Waals surface area contributed by atoms with Gasteiger partial charge in [0, 0.05) is 12.1 Å². The minimum absolute atomic E-state index is 0.00784. The van der Waals surface area contributed by atoms with Gasteiger partial charge < -0.3 is 10.0 Å². The lowest BCUT2D eigenvalue weighted by atomic mass is 9.75. The molecule has 4 nitrogen and oxygen atoms in total. The van der Waals surface area contributed by atoms with Crippen molar-refractivity contribution in [1.82, 2.24) is 4.90 Å². The van der Waals surface area contributed by atoms with Gasteiger partial charge in [0.15, 0.2) is 0 Å². The highest BCUT2D eigenvalue weighted by atomic mass is 16.4. The zero-order valence-corrected chi connectivity index (χ0v) is 10.6. The molecule has 2 aliphatic heterocycles. The zero-order valence-electron chi connectivity index (χ0n) is 10.6. The van der Waals surface area contributed by atoms with E-state index < -0.39 is 5.97 Å². The van der Waals surface area contributed by atoms with Gasteiger partial charge in [0.25, 0.3) is 0 Å². The average molecular weight is 249 g/mol. The van der Waals surface area contributed by atoms with Crippen molar-refractivity contribution in [3.05, 3.63) is 0 Å². The molecule has 2 aliphatic carbocycles. The van der Waals surface area contributed by atoms with E-state index in [0.717, 1.165) is 25.7 Å². The topological polar surface area (TPSA) is 57.6 Å². The van der Waals surface area contributed by atoms with Gasteiger partial charge in [0.1, 0.15) is 0 Å². The molecule has 4 rings (SSSR count). The minimum atomic E-state index is -0.716.